The molecule has 27 heavy (non-hydrogen) atoms. The number of ether oxygens (including phenoxy) is 1. The van der Waals surface area contributed by atoms with Gasteiger partial charge in [-0.25, -0.2) is 9.78 Å². The van der Waals surface area contributed by atoms with E-state index in [1.807, 2.05) is 35.8 Å². The average molecular weight is 395 g/mol. The zero-order valence-electron chi connectivity index (χ0n) is 14.4. The molecule has 0 atom stereocenters. The van der Waals surface area contributed by atoms with Gasteiger partial charge in [0.2, 0.25) is 0 Å². The number of amides is 2. The molecule has 1 heterocycles. The number of rotatable bonds is 6. The minimum Gasteiger partial charge on any atom is -0.433 e. The van der Waals surface area contributed by atoms with Crippen LogP contribution in [0.1, 0.15) is 5.82 Å². The molecule has 0 saturated heterocycles. The summed E-state index contributed by atoms with van der Waals surface area (Å²) < 4.78 is 30.7. The third-order valence-corrected chi connectivity index (χ3v) is 4.17. The number of urea groups is 1. The second-order valence-electron chi connectivity index (χ2n) is 5.70. The van der Waals surface area contributed by atoms with Gasteiger partial charge in [0.1, 0.15) is 11.6 Å². The molecule has 142 valence electrons. The van der Waals surface area contributed by atoms with Crippen LogP contribution in [0.5, 0.6) is 5.75 Å². The van der Waals surface area contributed by atoms with Crippen molar-refractivity contribution in [2.24, 2.45) is 0 Å². The van der Waals surface area contributed by atoms with Gasteiger partial charge in [-0.15, -0.1) is 0 Å². The third-order valence-electron chi connectivity index (χ3n) is 3.87. The van der Waals surface area contributed by atoms with E-state index in [0.717, 1.165) is 16.9 Å². The van der Waals surface area contributed by atoms with E-state index in [9.17, 15) is 13.6 Å². The summed E-state index contributed by atoms with van der Waals surface area (Å²) in [5.74, 6) is 0.708. The van der Waals surface area contributed by atoms with Crippen LogP contribution in [0.25, 0.3) is 11.0 Å². The number of hydrogen-bond donors (Lipinski definition) is 2. The van der Waals surface area contributed by atoms with Crippen molar-refractivity contribution >= 4 is 34.4 Å². The average Bonchev–Trinajstić information content (AvgIpc) is 2.93. The second-order valence-corrected chi connectivity index (χ2v) is 6.11. The Labute approximate surface area is 159 Å². The minimum atomic E-state index is -2.97. The maximum Gasteiger partial charge on any atom is 0.387 e. The molecule has 3 aromatic rings. The quantitative estimate of drug-likeness (QED) is 0.650. The number of halogens is 3. The number of aromatic nitrogens is 2. The first-order valence-corrected chi connectivity index (χ1v) is 8.53. The fraction of sp³-hybridized carbons (Fsp3) is 0.222. The molecule has 0 aliphatic heterocycles. The van der Waals surface area contributed by atoms with Crippen LogP contribution in [0.3, 0.4) is 0 Å². The predicted molar refractivity (Wildman–Crippen MR) is 99.6 cm³/mol. The van der Waals surface area contributed by atoms with Gasteiger partial charge >= 0.3 is 12.6 Å². The fourth-order valence-electron chi connectivity index (χ4n) is 2.70. The number of benzene rings is 2. The normalized spacial score (nSPS) is 11.0. The molecule has 0 bridgehead atoms. The number of para-hydroxylation sites is 2. The molecule has 2 N–H and O–H groups in total. The number of fused-ring (bicyclic) bond motifs is 1. The largest absolute Gasteiger partial charge is 0.433 e. The molecule has 0 unspecified atom stereocenters. The Morgan fingerprint density at radius 2 is 2.07 bits per heavy atom. The summed E-state index contributed by atoms with van der Waals surface area (Å²) >= 11 is 5.86. The van der Waals surface area contributed by atoms with Gasteiger partial charge in [-0.2, -0.15) is 8.78 Å². The smallest absolute Gasteiger partial charge is 0.387 e. The molecule has 0 saturated carbocycles. The zero-order valence-corrected chi connectivity index (χ0v) is 15.1. The molecule has 0 fully saturated rings. The van der Waals surface area contributed by atoms with Crippen LogP contribution >= 0.6 is 11.6 Å². The van der Waals surface area contributed by atoms with E-state index in [1.54, 1.807) is 0 Å². The first-order valence-electron chi connectivity index (χ1n) is 8.15. The zero-order chi connectivity index (χ0) is 19.4. The Morgan fingerprint density at radius 1 is 1.30 bits per heavy atom. The highest BCUT2D eigenvalue weighted by Gasteiger charge is 2.11. The summed E-state index contributed by atoms with van der Waals surface area (Å²) in [5, 5.41) is 5.31. The highest BCUT2D eigenvalue weighted by molar-refractivity contribution is 6.32. The van der Waals surface area contributed by atoms with E-state index in [4.69, 9.17) is 11.6 Å². The lowest BCUT2D eigenvalue weighted by Crippen LogP contribution is -2.31. The van der Waals surface area contributed by atoms with Gasteiger partial charge in [0.05, 0.1) is 16.1 Å². The lowest BCUT2D eigenvalue weighted by atomic mass is 10.3. The first kappa shape index (κ1) is 18.9. The Hall–Kier alpha value is -2.87. The maximum atomic E-state index is 12.2. The van der Waals surface area contributed by atoms with Crippen molar-refractivity contribution < 1.29 is 18.3 Å². The second kappa shape index (κ2) is 8.22. The number of anilines is 1. The Balaban J connectivity index is 1.55. The fourth-order valence-corrected chi connectivity index (χ4v) is 2.93. The number of nitrogens with zero attached hydrogens (tertiary/aromatic N) is 2. The van der Waals surface area contributed by atoms with Gasteiger partial charge in [-0.05, 0) is 37.3 Å². The van der Waals surface area contributed by atoms with Crippen LogP contribution in [0.2, 0.25) is 5.02 Å². The van der Waals surface area contributed by atoms with Crippen LogP contribution in [0.4, 0.5) is 19.3 Å². The number of carbonyl (C=O) groups is 1. The molecule has 0 spiro atoms. The summed E-state index contributed by atoms with van der Waals surface area (Å²) in [6.45, 7) is -0.118. The van der Waals surface area contributed by atoms with Crippen molar-refractivity contribution in [3.63, 3.8) is 0 Å². The number of hydrogen-bond acceptors (Lipinski definition) is 3. The summed E-state index contributed by atoms with van der Waals surface area (Å²) in [7, 11) is 0. The van der Waals surface area contributed by atoms with E-state index in [2.05, 4.69) is 20.4 Å². The monoisotopic (exact) mass is 394 g/mol. The van der Waals surface area contributed by atoms with E-state index in [-0.39, 0.29) is 10.8 Å². The SMILES string of the molecule is Cc1nc2ccccc2n1CCNC(=O)Nc1ccc(OC(F)F)c(Cl)c1. The summed E-state index contributed by atoms with van der Waals surface area (Å²) in [6.07, 6.45) is 0. The van der Waals surface area contributed by atoms with E-state index < -0.39 is 12.6 Å². The predicted octanol–water partition coefficient (Wildman–Crippen LogP) is 4.42. The molecule has 0 radical (unpaired) electrons. The van der Waals surface area contributed by atoms with Crippen molar-refractivity contribution in [3.05, 3.63) is 53.3 Å². The van der Waals surface area contributed by atoms with Crippen molar-refractivity contribution in [3.8, 4) is 5.75 Å². The number of imidazole rings is 1. The molecule has 6 nitrogen and oxygen atoms in total. The molecular formula is C18H17ClF2N4O2. The third kappa shape index (κ3) is 4.65. The Morgan fingerprint density at radius 3 is 2.81 bits per heavy atom. The molecule has 0 aliphatic rings. The number of nitrogens with one attached hydrogen (secondary N) is 2. The molecule has 2 aromatic carbocycles. The van der Waals surface area contributed by atoms with Crippen molar-refractivity contribution in [2.75, 3.05) is 11.9 Å². The highest BCUT2D eigenvalue weighted by Crippen LogP contribution is 2.28. The van der Waals surface area contributed by atoms with E-state index in [0.29, 0.717) is 18.8 Å². The van der Waals surface area contributed by atoms with Gasteiger partial charge in [0.15, 0.2) is 0 Å². The number of carbonyl (C=O) groups excluding carboxylic acids is 1. The van der Waals surface area contributed by atoms with Crippen molar-refractivity contribution in [1.82, 2.24) is 14.9 Å². The van der Waals surface area contributed by atoms with Crippen molar-refractivity contribution in [2.45, 2.75) is 20.1 Å². The van der Waals surface area contributed by atoms with Gasteiger partial charge < -0.3 is 19.9 Å². The van der Waals surface area contributed by atoms with Crippen molar-refractivity contribution in [1.29, 1.82) is 0 Å². The lowest BCUT2D eigenvalue weighted by Gasteiger charge is -2.11. The molecular weight excluding hydrogens is 378 g/mol. The van der Waals surface area contributed by atoms with Gasteiger partial charge in [-0.3, -0.25) is 0 Å². The van der Waals surface area contributed by atoms with Gasteiger partial charge in [-0.1, -0.05) is 23.7 Å². The van der Waals surface area contributed by atoms with Crippen LogP contribution in [0.15, 0.2) is 42.5 Å². The summed E-state index contributed by atoms with van der Waals surface area (Å²) in [6, 6.07) is 11.4. The summed E-state index contributed by atoms with van der Waals surface area (Å²) in [5.41, 5.74) is 2.27. The molecule has 9 heteroatoms. The Bertz CT molecular complexity index is 962. The Kier molecular flexibility index (Phi) is 5.75. The van der Waals surface area contributed by atoms with Crippen LogP contribution in [0, 0.1) is 6.92 Å². The summed E-state index contributed by atoms with van der Waals surface area (Å²) in [4.78, 5) is 16.5. The van der Waals surface area contributed by atoms with Crippen LogP contribution in [-0.4, -0.2) is 28.7 Å². The number of aryl methyl sites for hydroxylation is 1. The molecule has 3 rings (SSSR count). The number of alkyl halides is 2. The maximum absolute atomic E-state index is 12.2. The lowest BCUT2D eigenvalue weighted by molar-refractivity contribution is -0.0497. The topological polar surface area (TPSA) is 68.2 Å². The highest BCUT2D eigenvalue weighted by atomic mass is 35.5. The van der Waals surface area contributed by atoms with E-state index in [1.165, 1.54) is 18.2 Å². The van der Waals surface area contributed by atoms with Crippen LogP contribution < -0.4 is 15.4 Å². The van der Waals surface area contributed by atoms with Gasteiger partial charge in [0, 0.05) is 18.8 Å². The molecule has 0 aliphatic carbocycles. The van der Waals surface area contributed by atoms with Crippen LogP contribution in [-0.2, 0) is 6.54 Å². The molecule has 2 amide bonds. The van der Waals surface area contributed by atoms with Gasteiger partial charge in [0.25, 0.3) is 0 Å². The first-order chi connectivity index (χ1) is 12.9. The standard InChI is InChI=1S/C18H17ClF2N4O2/c1-11-23-14-4-2-3-5-15(14)25(11)9-8-22-18(26)24-12-6-7-16(13(19)10-12)27-17(20)21/h2-7,10,17H,8-9H2,1H3,(H2,22,24,26). The minimum absolute atomic E-state index is 0.0198. The van der Waals surface area contributed by atoms with E-state index >= 15 is 0 Å². The molecule has 1 aromatic heterocycles.